The number of nitrogens with zero attached hydrogens (tertiary/aromatic N) is 3. The zero-order valence-corrected chi connectivity index (χ0v) is 16.3. The van der Waals surface area contributed by atoms with E-state index in [1.807, 2.05) is 6.07 Å². The van der Waals surface area contributed by atoms with E-state index < -0.39 is 0 Å². The van der Waals surface area contributed by atoms with Gasteiger partial charge >= 0.3 is 0 Å². The average molecular weight is 376 g/mol. The summed E-state index contributed by atoms with van der Waals surface area (Å²) in [5.74, 6) is 0. The molecule has 1 saturated heterocycles. The Bertz CT molecular complexity index is 850. The highest BCUT2D eigenvalue weighted by Gasteiger charge is 2.17. The van der Waals surface area contributed by atoms with Crippen molar-refractivity contribution in [1.82, 2.24) is 14.8 Å². The van der Waals surface area contributed by atoms with Crippen molar-refractivity contribution < 1.29 is 0 Å². The van der Waals surface area contributed by atoms with Crippen molar-refractivity contribution in [2.24, 2.45) is 0 Å². The molecule has 1 aliphatic heterocycles. The summed E-state index contributed by atoms with van der Waals surface area (Å²) in [6.45, 7) is 6.44. The van der Waals surface area contributed by atoms with Crippen LogP contribution in [0.15, 0.2) is 72.1 Å². The van der Waals surface area contributed by atoms with Crippen molar-refractivity contribution in [3.63, 3.8) is 0 Å². The van der Waals surface area contributed by atoms with Gasteiger partial charge in [-0.05, 0) is 5.56 Å². The summed E-state index contributed by atoms with van der Waals surface area (Å²) in [5, 5.41) is 3.33. The van der Waals surface area contributed by atoms with E-state index in [9.17, 15) is 0 Å². The Labute approximate surface area is 165 Å². The van der Waals surface area contributed by atoms with Crippen LogP contribution < -0.4 is 0 Å². The van der Waals surface area contributed by atoms with Crippen LogP contribution in [0.5, 0.6) is 0 Å². The Morgan fingerprint density at radius 3 is 2.26 bits per heavy atom. The molecule has 0 radical (unpaired) electrons. The first-order valence-corrected chi connectivity index (χ1v) is 10.4. The summed E-state index contributed by atoms with van der Waals surface area (Å²) in [6.07, 6.45) is 4.49. The minimum Gasteiger partial charge on any atom is -0.297 e. The largest absolute Gasteiger partial charge is 0.297 e. The maximum Gasteiger partial charge on any atom is 0.123 e. The molecule has 0 aliphatic carbocycles. The van der Waals surface area contributed by atoms with Crippen LogP contribution in [-0.2, 0) is 6.54 Å². The molecule has 3 nitrogen and oxygen atoms in total. The molecule has 0 bridgehead atoms. The third-order valence-electron chi connectivity index (χ3n) is 4.90. The zero-order valence-electron chi connectivity index (χ0n) is 15.5. The van der Waals surface area contributed by atoms with Gasteiger partial charge in [-0.3, -0.25) is 9.80 Å². The normalized spacial score (nSPS) is 16.1. The highest BCUT2D eigenvalue weighted by Crippen LogP contribution is 2.24. The zero-order chi connectivity index (χ0) is 18.3. The number of rotatable bonds is 6. The van der Waals surface area contributed by atoms with Crippen molar-refractivity contribution in [2.45, 2.75) is 6.54 Å². The van der Waals surface area contributed by atoms with Gasteiger partial charge in [0.1, 0.15) is 5.01 Å². The van der Waals surface area contributed by atoms with Crippen LogP contribution >= 0.6 is 11.3 Å². The topological polar surface area (TPSA) is 19.4 Å². The highest BCUT2D eigenvalue weighted by molar-refractivity contribution is 7.13. The van der Waals surface area contributed by atoms with E-state index in [2.05, 4.69) is 81.9 Å². The van der Waals surface area contributed by atoms with E-state index in [0.717, 1.165) is 44.3 Å². The van der Waals surface area contributed by atoms with Gasteiger partial charge in [0, 0.05) is 50.2 Å². The predicted octanol–water partition coefficient (Wildman–Crippen LogP) is 4.64. The van der Waals surface area contributed by atoms with Gasteiger partial charge in [-0.15, -0.1) is 11.3 Å². The maximum atomic E-state index is 4.83. The van der Waals surface area contributed by atoms with Crippen LogP contribution in [0.1, 0.15) is 11.3 Å². The fourth-order valence-corrected chi connectivity index (χ4v) is 4.17. The van der Waals surface area contributed by atoms with Crippen molar-refractivity contribution in [3.05, 3.63) is 83.4 Å². The smallest absolute Gasteiger partial charge is 0.123 e. The van der Waals surface area contributed by atoms with Crippen molar-refractivity contribution in [3.8, 4) is 10.6 Å². The number of piperazine rings is 1. The molecule has 138 valence electrons. The number of aromatic nitrogens is 1. The lowest BCUT2D eigenvalue weighted by molar-refractivity contribution is 0.136. The van der Waals surface area contributed by atoms with Crippen LogP contribution in [0.4, 0.5) is 0 Å². The molecule has 0 unspecified atom stereocenters. The van der Waals surface area contributed by atoms with Gasteiger partial charge in [-0.2, -0.15) is 0 Å². The van der Waals surface area contributed by atoms with Gasteiger partial charge in [-0.25, -0.2) is 4.98 Å². The van der Waals surface area contributed by atoms with Gasteiger partial charge < -0.3 is 0 Å². The minimum atomic E-state index is 0.955. The van der Waals surface area contributed by atoms with Gasteiger partial charge in [0.05, 0.1) is 5.69 Å². The Kier molecular flexibility index (Phi) is 6.10. The molecule has 0 amide bonds. The number of hydrogen-bond acceptors (Lipinski definition) is 4. The van der Waals surface area contributed by atoms with E-state index >= 15 is 0 Å². The standard InChI is InChI=1S/C23H25N3S/c1-3-8-20(9-4-1)10-7-13-25-14-16-26(17-15-25)18-22-19-27-23(24-22)21-11-5-2-6-12-21/h1-12,19H,13-18H2/b10-7+. The first-order valence-electron chi connectivity index (χ1n) is 9.53. The van der Waals surface area contributed by atoms with Crippen LogP contribution in [-0.4, -0.2) is 47.5 Å². The van der Waals surface area contributed by atoms with E-state index in [0.29, 0.717) is 0 Å². The second kappa shape index (κ2) is 9.09. The van der Waals surface area contributed by atoms with Crippen LogP contribution in [0.2, 0.25) is 0 Å². The Balaban J connectivity index is 1.24. The molecular weight excluding hydrogens is 350 g/mol. The van der Waals surface area contributed by atoms with E-state index in [1.165, 1.54) is 16.8 Å². The molecule has 4 rings (SSSR count). The molecule has 1 aliphatic rings. The average Bonchev–Trinajstić information content (AvgIpc) is 3.19. The second-order valence-electron chi connectivity index (χ2n) is 6.90. The summed E-state index contributed by atoms with van der Waals surface area (Å²) in [4.78, 5) is 9.86. The summed E-state index contributed by atoms with van der Waals surface area (Å²) in [5.41, 5.74) is 3.67. The lowest BCUT2D eigenvalue weighted by Gasteiger charge is -2.33. The Hall–Kier alpha value is -2.27. The number of benzene rings is 2. The quantitative estimate of drug-likeness (QED) is 0.626. The first kappa shape index (κ1) is 18.1. The Morgan fingerprint density at radius 1 is 0.852 bits per heavy atom. The van der Waals surface area contributed by atoms with Crippen molar-refractivity contribution >= 4 is 17.4 Å². The monoisotopic (exact) mass is 375 g/mol. The van der Waals surface area contributed by atoms with Crippen LogP contribution in [0, 0.1) is 0 Å². The molecule has 0 saturated carbocycles. The molecule has 0 spiro atoms. The number of thiazole rings is 1. The summed E-state index contributed by atoms with van der Waals surface area (Å²) in [7, 11) is 0. The predicted molar refractivity (Wildman–Crippen MR) is 115 cm³/mol. The molecule has 27 heavy (non-hydrogen) atoms. The molecular formula is C23H25N3S. The SMILES string of the molecule is C(=C\c1ccccc1)/CN1CCN(Cc2csc(-c3ccccc3)n2)CC1. The Morgan fingerprint density at radius 2 is 1.52 bits per heavy atom. The van der Waals surface area contributed by atoms with Gasteiger partial charge in [0.15, 0.2) is 0 Å². The second-order valence-corrected chi connectivity index (χ2v) is 7.76. The summed E-state index contributed by atoms with van der Waals surface area (Å²) < 4.78 is 0. The maximum absolute atomic E-state index is 4.83. The van der Waals surface area contributed by atoms with E-state index in [4.69, 9.17) is 4.98 Å². The van der Waals surface area contributed by atoms with Gasteiger partial charge in [0.25, 0.3) is 0 Å². The molecule has 3 aromatic rings. The van der Waals surface area contributed by atoms with Crippen LogP contribution in [0.25, 0.3) is 16.6 Å². The summed E-state index contributed by atoms with van der Waals surface area (Å²) in [6, 6.07) is 21.0. The lowest BCUT2D eigenvalue weighted by atomic mass is 10.2. The van der Waals surface area contributed by atoms with Crippen molar-refractivity contribution in [2.75, 3.05) is 32.7 Å². The first-order chi connectivity index (χ1) is 13.4. The molecule has 4 heteroatoms. The van der Waals surface area contributed by atoms with E-state index in [1.54, 1.807) is 11.3 Å². The highest BCUT2D eigenvalue weighted by atomic mass is 32.1. The third-order valence-corrected chi connectivity index (χ3v) is 5.84. The fourth-order valence-electron chi connectivity index (χ4n) is 3.35. The van der Waals surface area contributed by atoms with Gasteiger partial charge in [-0.1, -0.05) is 72.8 Å². The molecule has 0 atom stereocenters. The summed E-state index contributed by atoms with van der Waals surface area (Å²) >= 11 is 1.74. The van der Waals surface area contributed by atoms with Crippen molar-refractivity contribution in [1.29, 1.82) is 0 Å². The van der Waals surface area contributed by atoms with Crippen LogP contribution in [0.3, 0.4) is 0 Å². The minimum absolute atomic E-state index is 0.955. The fraction of sp³-hybridized carbons (Fsp3) is 0.261. The molecule has 2 aromatic carbocycles. The molecule has 1 aromatic heterocycles. The van der Waals surface area contributed by atoms with E-state index in [-0.39, 0.29) is 0 Å². The third kappa shape index (κ3) is 5.13. The lowest BCUT2D eigenvalue weighted by Crippen LogP contribution is -2.45. The number of hydrogen-bond donors (Lipinski definition) is 0. The molecule has 1 fully saturated rings. The molecule has 2 heterocycles. The van der Waals surface area contributed by atoms with Gasteiger partial charge in [0.2, 0.25) is 0 Å². The molecule has 0 N–H and O–H groups in total.